The van der Waals surface area contributed by atoms with Crippen LogP contribution in [-0.4, -0.2) is 18.7 Å². The van der Waals surface area contributed by atoms with Crippen LogP contribution in [0.2, 0.25) is 0 Å². The molecule has 2 rings (SSSR count). The first-order valence-electron chi connectivity index (χ1n) is 10.9. The smallest absolute Gasteiger partial charge is 0.343 e. The fourth-order valence-electron chi connectivity index (χ4n) is 3.01. The van der Waals surface area contributed by atoms with Crippen molar-refractivity contribution in [1.29, 1.82) is 0 Å². The van der Waals surface area contributed by atoms with Gasteiger partial charge >= 0.3 is 5.97 Å². The minimum atomic E-state index is -0.395. The number of hydrogen-bond donors (Lipinski definition) is 0. The van der Waals surface area contributed by atoms with E-state index in [1.54, 1.807) is 36.4 Å². The van der Waals surface area contributed by atoms with Crippen molar-refractivity contribution in [2.24, 2.45) is 0 Å². The third-order valence-electron chi connectivity index (χ3n) is 4.75. The Morgan fingerprint density at radius 3 is 2.27 bits per heavy atom. The number of allylic oxidation sites excluding steroid dienone is 1. The van der Waals surface area contributed by atoms with Crippen molar-refractivity contribution in [2.45, 2.75) is 64.9 Å². The van der Waals surface area contributed by atoms with Crippen LogP contribution in [-0.2, 0) is 0 Å². The second-order valence-electron chi connectivity index (χ2n) is 7.44. The molecule has 0 aliphatic heterocycles. The van der Waals surface area contributed by atoms with Crippen molar-refractivity contribution in [3.8, 4) is 17.2 Å². The number of unbranched alkanes of at least 4 members (excludes halogenated alkanes) is 4. The predicted octanol–water partition coefficient (Wildman–Crippen LogP) is 6.99. The molecule has 0 radical (unpaired) electrons. The molecule has 0 saturated carbocycles. The second-order valence-corrected chi connectivity index (χ2v) is 7.44. The van der Waals surface area contributed by atoms with Crippen molar-refractivity contribution in [2.75, 3.05) is 6.61 Å². The Bertz CT molecular complexity index is 750. The van der Waals surface area contributed by atoms with Crippen LogP contribution in [0.5, 0.6) is 17.2 Å². The van der Waals surface area contributed by atoms with Gasteiger partial charge in [-0.2, -0.15) is 0 Å². The van der Waals surface area contributed by atoms with Crippen LogP contribution < -0.4 is 14.2 Å². The van der Waals surface area contributed by atoms with Gasteiger partial charge in [0, 0.05) is 0 Å². The average Bonchev–Trinajstić information content (AvgIpc) is 2.76. The number of rotatable bonds is 14. The third-order valence-corrected chi connectivity index (χ3v) is 4.75. The molecule has 0 fully saturated rings. The molecule has 2 aromatic rings. The van der Waals surface area contributed by atoms with Gasteiger partial charge in [0.15, 0.2) is 0 Å². The molecule has 0 spiro atoms. The topological polar surface area (TPSA) is 44.8 Å². The zero-order chi connectivity index (χ0) is 21.6. The molecule has 0 amide bonds. The Kier molecular flexibility index (Phi) is 10.6. The van der Waals surface area contributed by atoms with E-state index >= 15 is 0 Å². The van der Waals surface area contributed by atoms with Gasteiger partial charge < -0.3 is 14.2 Å². The highest BCUT2D eigenvalue weighted by atomic mass is 16.5. The third kappa shape index (κ3) is 8.73. The number of carbonyl (C=O) groups is 1. The normalized spacial score (nSPS) is 11.5. The van der Waals surface area contributed by atoms with E-state index in [4.69, 9.17) is 14.2 Å². The molecular weight excluding hydrogens is 376 g/mol. The molecule has 0 aliphatic carbocycles. The first kappa shape index (κ1) is 23.5. The number of carbonyl (C=O) groups excluding carboxylic acids is 1. The Morgan fingerprint density at radius 1 is 0.933 bits per heavy atom. The number of esters is 1. The molecule has 0 aliphatic rings. The van der Waals surface area contributed by atoms with Crippen LogP contribution in [0.4, 0.5) is 0 Å². The van der Waals surface area contributed by atoms with Crippen LogP contribution in [0, 0.1) is 0 Å². The number of hydrogen-bond acceptors (Lipinski definition) is 4. The van der Waals surface area contributed by atoms with Gasteiger partial charge in [0.1, 0.15) is 17.2 Å². The standard InChI is InChI=1S/C26H34O4/c1-4-6-8-9-11-21(3)29-24-14-12-22(13-15-24)26(27)30-25-18-16-23(17-19-25)28-20-10-7-5-2/h5,12-19,21H,2,4,6-11,20H2,1,3H3/t21-/m0/s1. The molecule has 4 heteroatoms. The Morgan fingerprint density at radius 2 is 1.60 bits per heavy atom. The fraction of sp³-hybridized carbons (Fsp3) is 0.423. The van der Waals surface area contributed by atoms with E-state index in [0.29, 0.717) is 17.9 Å². The summed E-state index contributed by atoms with van der Waals surface area (Å²) < 4.78 is 17.0. The summed E-state index contributed by atoms with van der Waals surface area (Å²) in [6.07, 6.45) is 9.87. The molecular formula is C26H34O4. The van der Waals surface area contributed by atoms with Gasteiger partial charge in [0.25, 0.3) is 0 Å². The molecule has 1 atom stereocenters. The van der Waals surface area contributed by atoms with Gasteiger partial charge in [-0.15, -0.1) is 6.58 Å². The van der Waals surface area contributed by atoms with Crippen molar-refractivity contribution in [3.63, 3.8) is 0 Å². The maximum Gasteiger partial charge on any atom is 0.343 e. The lowest BCUT2D eigenvalue weighted by atomic mass is 10.1. The van der Waals surface area contributed by atoms with Crippen molar-refractivity contribution in [3.05, 3.63) is 66.7 Å². The van der Waals surface area contributed by atoms with E-state index < -0.39 is 5.97 Å². The van der Waals surface area contributed by atoms with E-state index in [2.05, 4.69) is 20.4 Å². The van der Waals surface area contributed by atoms with Gasteiger partial charge in [-0.25, -0.2) is 4.79 Å². The molecule has 0 saturated heterocycles. The molecule has 0 bridgehead atoms. The number of ether oxygens (including phenoxy) is 3. The summed E-state index contributed by atoms with van der Waals surface area (Å²) in [5, 5.41) is 0. The van der Waals surface area contributed by atoms with Crippen LogP contribution in [0.15, 0.2) is 61.2 Å². The molecule has 30 heavy (non-hydrogen) atoms. The summed E-state index contributed by atoms with van der Waals surface area (Å²) in [7, 11) is 0. The largest absolute Gasteiger partial charge is 0.494 e. The minimum absolute atomic E-state index is 0.164. The van der Waals surface area contributed by atoms with Gasteiger partial charge in [0.2, 0.25) is 0 Å². The Hall–Kier alpha value is -2.75. The zero-order valence-corrected chi connectivity index (χ0v) is 18.3. The lowest BCUT2D eigenvalue weighted by Gasteiger charge is -2.14. The van der Waals surface area contributed by atoms with Gasteiger partial charge in [-0.3, -0.25) is 0 Å². The average molecular weight is 411 g/mol. The molecule has 0 heterocycles. The van der Waals surface area contributed by atoms with Crippen LogP contribution in [0.3, 0.4) is 0 Å². The summed E-state index contributed by atoms with van der Waals surface area (Å²) in [6, 6.07) is 14.2. The van der Waals surface area contributed by atoms with Gasteiger partial charge in [0.05, 0.1) is 18.3 Å². The summed E-state index contributed by atoms with van der Waals surface area (Å²) in [5.74, 6) is 1.62. The van der Waals surface area contributed by atoms with E-state index in [9.17, 15) is 4.79 Å². The highest BCUT2D eigenvalue weighted by Gasteiger charge is 2.10. The summed E-state index contributed by atoms with van der Waals surface area (Å²) in [6.45, 7) is 8.62. The Balaban J connectivity index is 1.79. The van der Waals surface area contributed by atoms with E-state index in [-0.39, 0.29) is 6.10 Å². The first-order chi connectivity index (χ1) is 14.6. The van der Waals surface area contributed by atoms with Crippen LogP contribution >= 0.6 is 0 Å². The van der Waals surface area contributed by atoms with Gasteiger partial charge in [-0.1, -0.05) is 32.3 Å². The highest BCUT2D eigenvalue weighted by Crippen LogP contribution is 2.21. The lowest BCUT2D eigenvalue weighted by Crippen LogP contribution is -2.12. The minimum Gasteiger partial charge on any atom is -0.494 e. The predicted molar refractivity (Wildman–Crippen MR) is 122 cm³/mol. The van der Waals surface area contributed by atoms with E-state index in [1.165, 1.54) is 25.7 Å². The second kappa shape index (κ2) is 13.5. The summed E-state index contributed by atoms with van der Waals surface area (Å²) >= 11 is 0. The lowest BCUT2D eigenvalue weighted by molar-refractivity contribution is 0.0734. The van der Waals surface area contributed by atoms with E-state index in [1.807, 2.05) is 18.2 Å². The van der Waals surface area contributed by atoms with Gasteiger partial charge in [-0.05, 0) is 81.1 Å². The monoisotopic (exact) mass is 410 g/mol. The molecule has 2 aromatic carbocycles. The van der Waals surface area contributed by atoms with Crippen molar-refractivity contribution < 1.29 is 19.0 Å². The SMILES string of the molecule is C=CCCCOc1ccc(OC(=O)c2ccc(O[C@@H](C)CCCCCC)cc2)cc1. The van der Waals surface area contributed by atoms with E-state index in [0.717, 1.165) is 30.8 Å². The molecule has 0 unspecified atom stereocenters. The zero-order valence-electron chi connectivity index (χ0n) is 18.3. The van der Waals surface area contributed by atoms with Crippen LogP contribution in [0.1, 0.15) is 69.2 Å². The molecule has 162 valence electrons. The first-order valence-corrected chi connectivity index (χ1v) is 10.9. The number of benzene rings is 2. The quantitative estimate of drug-likeness (QED) is 0.146. The molecule has 0 aromatic heterocycles. The summed E-state index contributed by atoms with van der Waals surface area (Å²) in [5.41, 5.74) is 0.489. The molecule has 0 N–H and O–H groups in total. The fourth-order valence-corrected chi connectivity index (χ4v) is 3.01. The molecule has 4 nitrogen and oxygen atoms in total. The highest BCUT2D eigenvalue weighted by molar-refractivity contribution is 5.91. The maximum absolute atomic E-state index is 12.4. The van der Waals surface area contributed by atoms with Crippen molar-refractivity contribution >= 4 is 5.97 Å². The van der Waals surface area contributed by atoms with Crippen LogP contribution in [0.25, 0.3) is 0 Å². The summed E-state index contributed by atoms with van der Waals surface area (Å²) in [4.78, 5) is 12.4. The maximum atomic E-state index is 12.4. The Labute approximate surface area is 180 Å². The van der Waals surface area contributed by atoms with Crippen molar-refractivity contribution in [1.82, 2.24) is 0 Å².